The molecule has 0 aliphatic rings. The smallest absolute Gasteiger partial charge is 0.332 e. The van der Waals surface area contributed by atoms with Gasteiger partial charge in [0, 0.05) is 11.6 Å². The number of nitro benzene ring substituents is 1. The first kappa shape index (κ1) is 11.4. The molecule has 1 aromatic rings. The molecular weight excluding hydrogens is 216 g/mol. The standard InChI is InChI=1S/C8H8N4O4/c9-8(14)11-10-4-5-1-2-6(12(15)16)3-7(5)13/h1-4,13H,(H3,9,11,14). The zero-order valence-corrected chi connectivity index (χ0v) is 7.95. The van der Waals surface area contributed by atoms with Gasteiger partial charge in [-0.2, -0.15) is 5.10 Å². The van der Waals surface area contributed by atoms with Gasteiger partial charge in [-0.05, 0) is 6.07 Å². The van der Waals surface area contributed by atoms with Crippen LogP contribution in [0.3, 0.4) is 0 Å². The van der Waals surface area contributed by atoms with Gasteiger partial charge in [-0.25, -0.2) is 10.2 Å². The quantitative estimate of drug-likeness (QED) is 0.387. The van der Waals surface area contributed by atoms with Gasteiger partial charge in [0.2, 0.25) is 0 Å². The minimum Gasteiger partial charge on any atom is -0.507 e. The summed E-state index contributed by atoms with van der Waals surface area (Å²) in [6.07, 6.45) is 1.11. The van der Waals surface area contributed by atoms with Crippen LogP contribution in [-0.4, -0.2) is 22.3 Å². The molecule has 0 saturated heterocycles. The van der Waals surface area contributed by atoms with E-state index in [0.29, 0.717) is 0 Å². The Labute approximate surface area is 89.5 Å². The molecule has 0 radical (unpaired) electrons. The average molecular weight is 224 g/mol. The Morgan fingerprint density at radius 3 is 2.81 bits per heavy atom. The maximum absolute atomic E-state index is 10.4. The van der Waals surface area contributed by atoms with Gasteiger partial charge in [0.15, 0.2) is 0 Å². The van der Waals surface area contributed by atoms with Crippen molar-refractivity contribution in [3.8, 4) is 5.75 Å². The van der Waals surface area contributed by atoms with Crippen LogP contribution in [0.1, 0.15) is 5.56 Å². The summed E-state index contributed by atoms with van der Waals surface area (Å²) >= 11 is 0. The maximum Gasteiger partial charge on any atom is 0.332 e. The number of carbonyl (C=O) groups excluding carboxylic acids is 1. The molecule has 2 amide bonds. The van der Waals surface area contributed by atoms with E-state index in [0.717, 1.165) is 12.3 Å². The molecule has 1 rings (SSSR count). The summed E-state index contributed by atoms with van der Waals surface area (Å²) in [7, 11) is 0. The molecule has 0 unspecified atom stereocenters. The molecule has 0 aliphatic heterocycles. The highest BCUT2D eigenvalue weighted by atomic mass is 16.6. The fourth-order valence-corrected chi connectivity index (χ4v) is 0.920. The fourth-order valence-electron chi connectivity index (χ4n) is 0.920. The van der Waals surface area contributed by atoms with Crippen molar-refractivity contribution in [1.82, 2.24) is 5.43 Å². The van der Waals surface area contributed by atoms with Crippen LogP contribution in [0.2, 0.25) is 0 Å². The van der Waals surface area contributed by atoms with Crippen molar-refractivity contribution >= 4 is 17.9 Å². The van der Waals surface area contributed by atoms with Gasteiger partial charge in [-0.3, -0.25) is 10.1 Å². The number of hydrogen-bond donors (Lipinski definition) is 3. The van der Waals surface area contributed by atoms with Crippen molar-refractivity contribution in [2.45, 2.75) is 0 Å². The van der Waals surface area contributed by atoms with Crippen LogP contribution in [0.4, 0.5) is 10.5 Å². The highest BCUT2D eigenvalue weighted by Gasteiger charge is 2.08. The number of rotatable bonds is 3. The van der Waals surface area contributed by atoms with Gasteiger partial charge in [-0.15, -0.1) is 0 Å². The van der Waals surface area contributed by atoms with Crippen molar-refractivity contribution in [3.63, 3.8) is 0 Å². The Hall–Kier alpha value is -2.64. The van der Waals surface area contributed by atoms with Crippen LogP contribution in [0.15, 0.2) is 23.3 Å². The van der Waals surface area contributed by atoms with Gasteiger partial charge < -0.3 is 10.8 Å². The summed E-state index contributed by atoms with van der Waals surface area (Å²) in [5, 5.41) is 23.1. The SMILES string of the molecule is NC(=O)NN=Cc1ccc([N+](=O)[O-])cc1O. The number of nitrogens with zero attached hydrogens (tertiary/aromatic N) is 2. The number of nitrogens with one attached hydrogen (secondary N) is 1. The average Bonchev–Trinajstić information content (AvgIpc) is 2.19. The second-order valence-corrected chi connectivity index (χ2v) is 2.73. The van der Waals surface area contributed by atoms with E-state index in [9.17, 15) is 20.0 Å². The van der Waals surface area contributed by atoms with Crippen molar-refractivity contribution in [2.75, 3.05) is 0 Å². The number of non-ortho nitro benzene ring substituents is 1. The fraction of sp³-hybridized carbons (Fsp3) is 0. The number of nitrogens with two attached hydrogens (primary N) is 1. The number of hydrazone groups is 1. The highest BCUT2D eigenvalue weighted by Crippen LogP contribution is 2.21. The van der Waals surface area contributed by atoms with Gasteiger partial charge >= 0.3 is 6.03 Å². The Morgan fingerprint density at radius 2 is 2.31 bits per heavy atom. The van der Waals surface area contributed by atoms with Crippen LogP contribution in [0.25, 0.3) is 0 Å². The monoisotopic (exact) mass is 224 g/mol. The molecule has 0 fully saturated rings. The third-order valence-electron chi connectivity index (χ3n) is 1.60. The Bertz CT molecular complexity index is 457. The Kier molecular flexibility index (Phi) is 3.38. The normalized spacial score (nSPS) is 10.2. The number of hydrogen-bond acceptors (Lipinski definition) is 5. The maximum atomic E-state index is 10.4. The number of urea groups is 1. The molecule has 0 saturated carbocycles. The van der Waals surface area contributed by atoms with Crippen LogP contribution >= 0.6 is 0 Å². The number of nitro groups is 1. The Morgan fingerprint density at radius 1 is 1.62 bits per heavy atom. The van der Waals surface area contributed by atoms with E-state index in [4.69, 9.17) is 5.73 Å². The number of benzene rings is 1. The van der Waals surface area contributed by atoms with Crippen LogP contribution < -0.4 is 11.2 Å². The summed E-state index contributed by atoms with van der Waals surface area (Å²) < 4.78 is 0. The number of aromatic hydroxyl groups is 1. The number of carbonyl (C=O) groups is 1. The first-order valence-corrected chi connectivity index (χ1v) is 4.06. The number of primary amides is 1. The van der Waals surface area contributed by atoms with Gasteiger partial charge in [-0.1, -0.05) is 0 Å². The largest absolute Gasteiger partial charge is 0.507 e. The van der Waals surface area contributed by atoms with Gasteiger partial charge in [0.05, 0.1) is 17.2 Å². The summed E-state index contributed by atoms with van der Waals surface area (Å²) in [6, 6.07) is 2.62. The number of phenolic OH excluding ortho intramolecular Hbond substituents is 1. The molecule has 4 N–H and O–H groups in total. The first-order valence-electron chi connectivity index (χ1n) is 4.06. The van der Waals surface area contributed by atoms with Crippen LogP contribution in [0, 0.1) is 10.1 Å². The second-order valence-electron chi connectivity index (χ2n) is 2.73. The third-order valence-corrected chi connectivity index (χ3v) is 1.60. The molecule has 0 bridgehead atoms. The summed E-state index contributed by atoms with van der Waals surface area (Å²) in [5.41, 5.74) is 6.65. The topological polar surface area (TPSA) is 131 Å². The molecule has 84 valence electrons. The lowest BCUT2D eigenvalue weighted by Crippen LogP contribution is -2.24. The van der Waals surface area contributed by atoms with E-state index in [2.05, 4.69) is 5.10 Å². The molecular formula is C8H8N4O4. The Balaban J connectivity index is 2.87. The zero-order valence-electron chi connectivity index (χ0n) is 7.95. The summed E-state index contributed by atoms with van der Waals surface area (Å²) in [5.74, 6) is -0.316. The summed E-state index contributed by atoms with van der Waals surface area (Å²) in [4.78, 5) is 20.0. The predicted molar refractivity (Wildman–Crippen MR) is 55.1 cm³/mol. The number of amides is 2. The molecule has 0 aromatic heterocycles. The predicted octanol–water partition coefficient (Wildman–Crippen LogP) is 0.303. The highest BCUT2D eigenvalue weighted by molar-refractivity contribution is 5.85. The van der Waals surface area contributed by atoms with Crippen LogP contribution in [0.5, 0.6) is 5.75 Å². The van der Waals surface area contributed by atoms with Gasteiger partial charge in [0.25, 0.3) is 5.69 Å². The van der Waals surface area contributed by atoms with Crippen molar-refractivity contribution in [2.24, 2.45) is 10.8 Å². The van der Waals surface area contributed by atoms with Crippen molar-refractivity contribution in [3.05, 3.63) is 33.9 Å². The summed E-state index contributed by atoms with van der Waals surface area (Å²) in [6.45, 7) is 0. The second kappa shape index (κ2) is 4.73. The minimum atomic E-state index is -0.849. The first-order chi connectivity index (χ1) is 7.50. The molecule has 8 nitrogen and oxygen atoms in total. The lowest BCUT2D eigenvalue weighted by molar-refractivity contribution is -0.384. The lowest BCUT2D eigenvalue weighted by atomic mass is 10.2. The van der Waals surface area contributed by atoms with E-state index >= 15 is 0 Å². The molecule has 0 aliphatic carbocycles. The van der Waals surface area contributed by atoms with Crippen molar-refractivity contribution < 1.29 is 14.8 Å². The molecule has 0 heterocycles. The molecule has 0 atom stereocenters. The van der Waals surface area contributed by atoms with Crippen LogP contribution in [-0.2, 0) is 0 Å². The van der Waals surface area contributed by atoms with E-state index in [-0.39, 0.29) is 17.0 Å². The zero-order chi connectivity index (χ0) is 12.1. The molecule has 1 aromatic carbocycles. The molecule has 0 spiro atoms. The van der Waals surface area contributed by atoms with E-state index in [1.165, 1.54) is 12.1 Å². The number of phenols is 1. The van der Waals surface area contributed by atoms with Crippen molar-refractivity contribution in [1.29, 1.82) is 0 Å². The molecule has 16 heavy (non-hydrogen) atoms. The van der Waals surface area contributed by atoms with E-state index in [1.54, 1.807) is 0 Å². The molecule has 8 heteroatoms. The lowest BCUT2D eigenvalue weighted by Gasteiger charge is -1.98. The minimum absolute atomic E-state index is 0.222. The van der Waals surface area contributed by atoms with Gasteiger partial charge in [0.1, 0.15) is 5.75 Å². The van der Waals surface area contributed by atoms with E-state index in [1.807, 2.05) is 5.43 Å². The van der Waals surface area contributed by atoms with E-state index < -0.39 is 11.0 Å². The third kappa shape index (κ3) is 2.94.